The van der Waals surface area contributed by atoms with Gasteiger partial charge in [0.05, 0.1) is 23.9 Å². The largest absolute Gasteiger partial charge is 0.495 e. The molecule has 1 saturated heterocycles. The van der Waals surface area contributed by atoms with Gasteiger partial charge in [0.2, 0.25) is 0 Å². The SMILES string of the molecule is COc1ccccc1N1CCN(CCCCN2C(=O)c3ccccc3C2=O)CC1.Cl. The van der Waals surface area contributed by atoms with Crippen LogP contribution in [0.1, 0.15) is 33.6 Å². The van der Waals surface area contributed by atoms with Crippen molar-refractivity contribution < 1.29 is 14.3 Å². The molecule has 2 aliphatic heterocycles. The lowest BCUT2D eigenvalue weighted by Crippen LogP contribution is -2.46. The molecule has 0 bridgehead atoms. The van der Waals surface area contributed by atoms with Crippen LogP contribution < -0.4 is 9.64 Å². The number of piperazine rings is 1. The van der Waals surface area contributed by atoms with Crippen molar-refractivity contribution in [3.05, 3.63) is 59.7 Å². The molecule has 7 heteroatoms. The van der Waals surface area contributed by atoms with Gasteiger partial charge in [0.25, 0.3) is 11.8 Å². The number of nitrogens with zero attached hydrogens (tertiary/aromatic N) is 3. The molecule has 4 rings (SSSR count). The Labute approximate surface area is 183 Å². The van der Waals surface area contributed by atoms with Gasteiger partial charge in [-0.25, -0.2) is 0 Å². The maximum absolute atomic E-state index is 12.4. The van der Waals surface area contributed by atoms with Crippen molar-refractivity contribution >= 4 is 29.9 Å². The molecule has 0 atom stereocenters. The van der Waals surface area contributed by atoms with E-state index in [1.54, 1.807) is 31.4 Å². The Morgan fingerprint density at radius 3 is 2.00 bits per heavy atom. The van der Waals surface area contributed by atoms with Crippen molar-refractivity contribution in [2.24, 2.45) is 0 Å². The third-order valence-electron chi connectivity index (χ3n) is 5.78. The Morgan fingerprint density at radius 1 is 0.800 bits per heavy atom. The molecule has 2 aromatic carbocycles. The van der Waals surface area contributed by atoms with Crippen molar-refractivity contribution in [3.63, 3.8) is 0 Å². The zero-order valence-corrected chi connectivity index (χ0v) is 18.1. The molecule has 1 fully saturated rings. The molecule has 0 aromatic heterocycles. The highest BCUT2D eigenvalue weighted by atomic mass is 35.5. The summed E-state index contributed by atoms with van der Waals surface area (Å²) in [5, 5.41) is 0. The number of para-hydroxylation sites is 2. The van der Waals surface area contributed by atoms with Crippen molar-refractivity contribution in [2.75, 3.05) is 51.3 Å². The van der Waals surface area contributed by atoms with E-state index in [2.05, 4.69) is 15.9 Å². The Morgan fingerprint density at radius 2 is 1.37 bits per heavy atom. The third-order valence-corrected chi connectivity index (χ3v) is 5.78. The highest BCUT2D eigenvalue weighted by Crippen LogP contribution is 2.28. The predicted molar refractivity (Wildman–Crippen MR) is 120 cm³/mol. The summed E-state index contributed by atoms with van der Waals surface area (Å²) in [6.07, 6.45) is 1.81. The maximum atomic E-state index is 12.4. The van der Waals surface area contributed by atoms with Crippen molar-refractivity contribution in [1.29, 1.82) is 0 Å². The van der Waals surface area contributed by atoms with Crippen LogP contribution in [-0.4, -0.2) is 68.0 Å². The standard InChI is InChI=1S/C23H27N3O3.ClH/c1-29-21-11-5-4-10-20(21)25-16-14-24(15-17-25)12-6-7-13-26-22(27)18-8-2-3-9-19(18)23(26)28;/h2-5,8-11H,6-7,12-17H2,1H3;1H. The number of unbranched alkanes of at least 4 members (excludes halogenated alkanes) is 1. The summed E-state index contributed by atoms with van der Waals surface area (Å²) < 4.78 is 5.48. The molecule has 0 saturated carbocycles. The number of carbonyl (C=O) groups is 2. The number of carbonyl (C=O) groups excluding carboxylic acids is 2. The molecular formula is C23H28ClN3O3. The summed E-state index contributed by atoms with van der Waals surface area (Å²) in [6, 6.07) is 15.2. The predicted octanol–water partition coefficient (Wildman–Crippen LogP) is 3.32. The number of methoxy groups -OCH3 is 1. The summed E-state index contributed by atoms with van der Waals surface area (Å²) in [5.41, 5.74) is 2.22. The van der Waals surface area contributed by atoms with Gasteiger partial charge in [-0.2, -0.15) is 0 Å². The number of halogens is 1. The van der Waals surface area contributed by atoms with Crippen LogP contribution in [0.2, 0.25) is 0 Å². The highest BCUT2D eigenvalue weighted by molar-refractivity contribution is 6.21. The van der Waals surface area contributed by atoms with Gasteiger partial charge in [0.1, 0.15) is 5.75 Å². The van der Waals surface area contributed by atoms with Crippen molar-refractivity contribution in [1.82, 2.24) is 9.80 Å². The number of anilines is 1. The number of benzene rings is 2. The van der Waals surface area contributed by atoms with Gasteiger partial charge in [-0.05, 0) is 43.7 Å². The summed E-state index contributed by atoms with van der Waals surface area (Å²) in [5.74, 6) is 0.605. The van der Waals surface area contributed by atoms with E-state index in [-0.39, 0.29) is 24.2 Å². The van der Waals surface area contributed by atoms with E-state index in [1.807, 2.05) is 18.2 Å². The molecule has 0 spiro atoms. The molecular weight excluding hydrogens is 402 g/mol. The Hall–Kier alpha value is -2.57. The third kappa shape index (κ3) is 4.45. The Balaban J connectivity index is 0.00000256. The van der Waals surface area contributed by atoms with Crippen LogP contribution in [0.25, 0.3) is 0 Å². The summed E-state index contributed by atoms with van der Waals surface area (Å²) in [7, 11) is 1.71. The van der Waals surface area contributed by atoms with Crippen LogP contribution in [0.3, 0.4) is 0 Å². The molecule has 0 unspecified atom stereocenters. The second kappa shape index (κ2) is 9.96. The summed E-state index contributed by atoms with van der Waals surface area (Å²) in [4.78, 5) is 31.0. The lowest BCUT2D eigenvalue weighted by Gasteiger charge is -2.36. The highest BCUT2D eigenvalue weighted by Gasteiger charge is 2.34. The fourth-order valence-electron chi connectivity index (χ4n) is 4.15. The second-order valence-electron chi connectivity index (χ2n) is 7.52. The van der Waals surface area contributed by atoms with E-state index in [0.717, 1.165) is 57.0 Å². The second-order valence-corrected chi connectivity index (χ2v) is 7.52. The van der Waals surface area contributed by atoms with Gasteiger partial charge in [-0.3, -0.25) is 19.4 Å². The average molecular weight is 430 g/mol. The van der Waals surface area contributed by atoms with Gasteiger partial charge in [0.15, 0.2) is 0 Å². The van der Waals surface area contributed by atoms with Gasteiger partial charge in [-0.1, -0.05) is 24.3 Å². The van der Waals surface area contributed by atoms with Gasteiger partial charge >= 0.3 is 0 Å². The van der Waals surface area contributed by atoms with Crippen LogP contribution in [0.4, 0.5) is 5.69 Å². The number of hydrogen-bond acceptors (Lipinski definition) is 5. The summed E-state index contributed by atoms with van der Waals surface area (Å²) in [6.45, 7) is 5.43. The quantitative estimate of drug-likeness (QED) is 0.499. The molecule has 160 valence electrons. The average Bonchev–Trinajstić information content (AvgIpc) is 3.02. The van der Waals surface area contributed by atoms with Crippen molar-refractivity contribution in [3.8, 4) is 5.75 Å². The number of hydrogen-bond donors (Lipinski definition) is 0. The molecule has 2 aromatic rings. The molecule has 2 amide bonds. The molecule has 0 aliphatic carbocycles. The first kappa shape index (κ1) is 22.1. The molecule has 0 radical (unpaired) electrons. The molecule has 0 N–H and O–H groups in total. The first-order valence-corrected chi connectivity index (χ1v) is 10.2. The smallest absolute Gasteiger partial charge is 0.261 e. The number of imide groups is 1. The first-order valence-electron chi connectivity index (χ1n) is 10.2. The van der Waals surface area contributed by atoms with E-state index < -0.39 is 0 Å². The van der Waals surface area contributed by atoms with E-state index >= 15 is 0 Å². The fraction of sp³-hybridized carbons (Fsp3) is 0.391. The number of rotatable bonds is 7. The zero-order chi connectivity index (χ0) is 20.2. The minimum Gasteiger partial charge on any atom is -0.495 e. The van der Waals surface area contributed by atoms with E-state index in [0.29, 0.717) is 17.7 Å². The monoisotopic (exact) mass is 429 g/mol. The number of ether oxygens (including phenoxy) is 1. The Bertz CT molecular complexity index is 862. The van der Waals surface area contributed by atoms with E-state index in [4.69, 9.17) is 4.74 Å². The number of amides is 2. The molecule has 6 nitrogen and oxygen atoms in total. The van der Waals surface area contributed by atoms with Gasteiger partial charge in [0, 0.05) is 32.7 Å². The minimum atomic E-state index is -0.156. The lowest BCUT2D eigenvalue weighted by molar-refractivity contribution is 0.0650. The van der Waals surface area contributed by atoms with Gasteiger partial charge in [-0.15, -0.1) is 12.4 Å². The lowest BCUT2D eigenvalue weighted by atomic mass is 10.1. The van der Waals surface area contributed by atoms with Crippen LogP contribution in [0.5, 0.6) is 5.75 Å². The molecule has 30 heavy (non-hydrogen) atoms. The molecule has 2 aliphatic rings. The van der Waals surface area contributed by atoms with E-state index in [1.165, 1.54) is 4.90 Å². The fourth-order valence-corrected chi connectivity index (χ4v) is 4.15. The van der Waals surface area contributed by atoms with Crippen LogP contribution in [-0.2, 0) is 0 Å². The normalized spacial score (nSPS) is 16.4. The van der Waals surface area contributed by atoms with Crippen molar-refractivity contribution in [2.45, 2.75) is 12.8 Å². The van der Waals surface area contributed by atoms with Crippen LogP contribution >= 0.6 is 12.4 Å². The maximum Gasteiger partial charge on any atom is 0.261 e. The molecule has 2 heterocycles. The zero-order valence-electron chi connectivity index (χ0n) is 17.3. The van der Waals surface area contributed by atoms with Gasteiger partial charge < -0.3 is 9.64 Å². The first-order chi connectivity index (χ1) is 14.2. The summed E-state index contributed by atoms with van der Waals surface area (Å²) >= 11 is 0. The van der Waals surface area contributed by atoms with E-state index in [9.17, 15) is 9.59 Å². The topological polar surface area (TPSA) is 53.1 Å². The van der Waals surface area contributed by atoms with Crippen LogP contribution in [0.15, 0.2) is 48.5 Å². The number of fused-ring (bicyclic) bond motifs is 1. The Kier molecular flexibility index (Phi) is 7.34. The van der Waals surface area contributed by atoms with Crippen LogP contribution in [0, 0.1) is 0 Å². The minimum absolute atomic E-state index is 0.